The van der Waals surface area contributed by atoms with Crippen molar-refractivity contribution in [1.82, 2.24) is 14.5 Å². The molecular formula is C19H25N3O3. The zero-order chi connectivity index (χ0) is 17.8. The zero-order valence-corrected chi connectivity index (χ0v) is 14.8. The maximum Gasteiger partial charge on any atom is 0.328 e. The summed E-state index contributed by atoms with van der Waals surface area (Å²) in [6, 6.07) is 9.92. The van der Waals surface area contributed by atoms with Crippen molar-refractivity contribution in [2.75, 3.05) is 20.2 Å². The fourth-order valence-corrected chi connectivity index (χ4v) is 3.56. The Bertz CT molecular complexity index is 809. The van der Waals surface area contributed by atoms with Crippen LogP contribution in [0.25, 0.3) is 0 Å². The van der Waals surface area contributed by atoms with Gasteiger partial charge in [0.1, 0.15) is 5.75 Å². The fourth-order valence-electron chi connectivity index (χ4n) is 3.56. The van der Waals surface area contributed by atoms with Gasteiger partial charge in [0.05, 0.1) is 7.11 Å². The van der Waals surface area contributed by atoms with Gasteiger partial charge in [-0.2, -0.15) is 0 Å². The van der Waals surface area contributed by atoms with E-state index < -0.39 is 0 Å². The van der Waals surface area contributed by atoms with Gasteiger partial charge < -0.3 is 9.72 Å². The SMILES string of the molecule is COc1cccc(C2CCCCN2CCn2c(=O)cc(C)[nH]c2=O)c1. The number of piperidine rings is 1. The minimum absolute atomic E-state index is 0.240. The van der Waals surface area contributed by atoms with Gasteiger partial charge in [-0.25, -0.2) is 4.79 Å². The van der Waals surface area contributed by atoms with Crippen molar-refractivity contribution in [3.63, 3.8) is 0 Å². The normalized spacial score (nSPS) is 18.2. The molecule has 6 nitrogen and oxygen atoms in total. The van der Waals surface area contributed by atoms with Crippen LogP contribution in [0.5, 0.6) is 5.75 Å². The average molecular weight is 343 g/mol. The maximum absolute atomic E-state index is 12.1. The molecule has 134 valence electrons. The molecule has 0 saturated carbocycles. The number of ether oxygens (including phenoxy) is 1. The van der Waals surface area contributed by atoms with Gasteiger partial charge in [-0.1, -0.05) is 18.6 Å². The highest BCUT2D eigenvalue weighted by Gasteiger charge is 2.24. The van der Waals surface area contributed by atoms with E-state index in [0.29, 0.717) is 24.8 Å². The Kier molecular flexibility index (Phi) is 5.38. The van der Waals surface area contributed by atoms with Crippen molar-refractivity contribution < 1.29 is 4.74 Å². The van der Waals surface area contributed by atoms with Gasteiger partial charge in [0.25, 0.3) is 5.56 Å². The van der Waals surface area contributed by atoms with E-state index in [1.54, 1.807) is 14.0 Å². The number of nitrogens with one attached hydrogen (secondary N) is 1. The van der Waals surface area contributed by atoms with Crippen LogP contribution in [-0.2, 0) is 6.54 Å². The number of benzene rings is 1. The summed E-state index contributed by atoms with van der Waals surface area (Å²) >= 11 is 0. The molecule has 25 heavy (non-hydrogen) atoms. The van der Waals surface area contributed by atoms with Gasteiger partial charge >= 0.3 is 5.69 Å². The molecule has 1 aliphatic heterocycles. The number of aryl methyl sites for hydroxylation is 1. The predicted molar refractivity (Wildman–Crippen MR) is 97.2 cm³/mol. The molecular weight excluding hydrogens is 318 g/mol. The number of hydrogen-bond donors (Lipinski definition) is 1. The first kappa shape index (κ1) is 17.5. The molecule has 1 N–H and O–H groups in total. The number of hydrogen-bond acceptors (Lipinski definition) is 4. The first-order valence-corrected chi connectivity index (χ1v) is 8.77. The molecule has 1 aromatic heterocycles. The third kappa shape index (κ3) is 4.02. The first-order chi connectivity index (χ1) is 12.1. The molecule has 1 saturated heterocycles. The fraction of sp³-hybridized carbons (Fsp3) is 0.474. The lowest BCUT2D eigenvalue weighted by Crippen LogP contribution is -2.41. The third-order valence-electron chi connectivity index (χ3n) is 4.86. The quantitative estimate of drug-likeness (QED) is 0.903. The molecule has 0 spiro atoms. The second-order valence-corrected chi connectivity index (χ2v) is 6.57. The summed E-state index contributed by atoms with van der Waals surface area (Å²) in [5.41, 5.74) is 1.25. The summed E-state index contributed by atoms with van der Waals surface area (Å²) in [5.74, 6) is 0.856. The van der Waals surface area contributed by atoms with E-state index >= 15 is 0 Å². The molecule has 0 aliphatic carbocycles. The second-order valence-electron chi connectivity index (χ2n) is 6.57. The lowest BCUT2D eigenvalue weighted by atomic mass is 9.95. The first-order valence-electron chi connectivity index (χ1n) is 8.77. The van der Waals surface area contributed by atoms with E-state index in [9.17, 15) is 9.59 Å². The van der Waals surface area contributed by atoms with Gasteiger partial charge in [-0.05, 0) is 44.0 Å². The lowest BCUT2D eigenvalue weighted by molar-refractivity contribution is 0.142. The largest absolute Gasteiger partial charge is 0.497 e. The Morgan fingerprint density at radius 2 is 2.04 bits per heavy atom. The highest BCUT2D eigenvalue weighted by atomic mass is 16.5. The number of aromatic nitrogens is 2. The van der Waals surface area contributed by atoms with Gasteiger partial charge in [-0.15, -0.1) is 0 Å². The van der Waals surface area contributed by atoms with Crippen LogP contribution in [0.1, 0.15) is 36.6 Å². The lowest BCUT2D eigenvalue weighted by Gasteiger charge is -2.36. The molecule has 1 fully saturated rings. The number of methoxy groups -OCH3 is 1. The number of nitrogens with zero attached hydrogens (tertiary/aromatic N) is 2. The summed E-state index contributed by atoms with van der Waals surface area (Å²) in [7, 11) is 1.67. The molecule has 6 heteroatoms. The van der Waals surface area contributed by atoms with Crippen molar-refractivity contribution in [2.24, 2.45) is 0 Å². The van der Waals surface area contributed by atoms with E-state index in [-0.39, 0.29) is 11.2 Å². The average Bonchev–Trinajstić information content (AvgIpc) is 2.61. The Balaban J connectivity index is 1.78. The number of H-pyrrole nitrogens is 1. The smallest absolute Gasteiger partial charge is 0.328 e. The minimum atomic E-state index is -0.333. The van der Waals surface area contributed by atoms with Crippen LogP contribution in [0.4, 0.5) is 0 Å². The maximum atomic E-state index is 12.1. The molecule has 3 rings (SSSR count). The minimum Gasteiger partial charge on any atom is -0.497 e. The summed E-state index contributed by atoms with van der Waals surface area (Å²) in [5, 5.41) is 0. The van der Waals surface area contributed by atoms with Crippen molar-refractivity contribution in [3.05, 3.63) is 62.4 Å². The van der Waals surface area contributed by atoms with E-state index in [1.807, 2.05) is 12.1 Å². The topological polar surface area (TPSA) is 67.3 Å². The Hall–Kier alpha value is -2.34. The van der Waals surface area contributed by atoms with Gasteiger partial charge in [-0.3, -0.25) is 14.3 Å². The van der Waals surface area contributed by atoms with Crippen LogP contribution in [-0.4, -0.2) is 34.7 Å². The standard InChI is InChI=1S/C19H25N3O3/c1-14-12-18(23)22(19(24)20-14)11-10-21-9-4-3-8-17(21)15-6-5-7-16(13-15)25-2/h5-7,12-13,17H,3-4,8-11H2,1-2H3,(H,20,24). The summed E-state index contributed by atoms with van der Waals surface area (Å²) in [4.78, 5) is 29.2. The molecule has 1 aliphatic rings. The molecule has 0 radical (unpaired) electrons. The van der Waals surface area contributed by atoms with Crippen molar-refractivity contribution in [2.45, 2.75) is 38.8 Å². The number of likely N-dealkylation sites (tertiary alicyclic amines) is 1. The molecule has 1 unspecified atom stereocenters. The van der Waals surface area contributed by atoms with Crippen molar-refractivity contribution in [1.29, 1.82) is 0 Å². The van der Waals surface area contributed by atoms with E-state index in [0.717, 1.165) is 25.1 Å². The van der Waals surface area contributed by atoms with Crippen LogP contribution < -0.4 is 16.0 Å². The van der Waals surface area contributed by atoms with Gasteiger partial charge in [0, 0.05) is 30.9 Å². The highest BCUT2D eigenvalue weighted by molar-refractivity contribution is 5.30. The number of rotatable bonds is 5. The zero-order valence-electron chi connectivity index (χ0n) is 14.8. The van der Waals surface area contributed by atoms with E-state index in [1.165, 1.54) is 22.6 Å². The highest BCUT2D eigenvalue weighted by Crippen LogP contribution is 2.32. The molecule has 1 atom stereocenters. The molecule has 0 amide bonds. The summed E-state index contributed by atoms with van der Waals surface area (Å²) < 4.78 is 6.63. The molecule has 1 aromatic carbocycles. The van der Waals surface area contributed by atoms with Crippen LogP contribution in [0.15, 0.2) is 39.9 Å². The Labute approximate surface area is 147 Å². The van der Waals surface area contributed by atoms with E-state index in [2.05, 4.69) is 22.0 Å². The van der Waals surface area contributed by atoms with Crippen molar-refractivity contribution in [3.8, 4) is 5.75 Å². The summed E-state index contributed by atoms with van der Waals surface area (Å²) in [6.07, 6.45) is 3.40. The van der Waals surface area contributed by atoms with Gasteiger partial charge in [0.2, 0.25) is 0 Å². The Morgan fingerprint density at radius 3 is 2.80 bits per heavy atom. The monoisotopic (exact) mass is 343 g/mol. The molecule has 0 bridgehead atoms. The molecule has 2 aromatic rings. The summed E-state index contributed by atoms with van der Waals surface area (Å²) in [6.45, 7) is 3.76. The molecule has 2 heterocycles. The second kappa shape index (κ2) is 7.70. The van der Waals surface area contributed by atoms with Crippen molar-refractivity contribution >= 4 is 0 Å². The van der Waals surface area contributed by atoms with Crippen LogP contribution in [0.2, 0.25) is 0 Å². The van der Waals surface area contributed by atoms with E-state index in [4.69, 9.17) is 4.74 Å². The van der Waals surface area contributed by atoms with Crippen LogP contribution in [0.3, 0.4) is 0 Å². The number of aromatic amines is 1. The van der Waals surface area contributed by atoms with Crippen LogP contribution >= 0.6 is 0 Å². The van der Waals surface area contributed by atoms with Gasteiger partial charge in [0.15, 0.2) is 0 Å². The Morgan fingerprint density at radius 1 is 1.20 bits per heavy atom. The van der Waals surface area contributed by atoms with Crippen LogP contribution in [0, 0.1) is 6.92 Å². The third-order valence-corrected chi connectivity index (χ3v) is 4.86. The predicted octanol–water partition coefficient (Wildman–Crippen LogP) is 2.08.